The number of amides is 1. The van der Waals surface area contributed by atoms with Gasteiger partial charge >= 0.3 is 0 Å². The molecular formula is C12H22N2O. The topological polar surface area (TPSA) is 55.1 Å². The Morgan fingerprint density at radius 2 is 2.07 bits per heavy atom. The first-order valence-electron chi connectivity index (χ1n) is 6.29. The van der Waals surface area contributed by atoms with Crippen LogP contribution in [-0.4, -0.2) is 18.5 Å². The van der Waals surface area contributed by atoms with E-state index in [0.717, 1.165) is 25.2 Å². The average molecular weight is 210 g/mol. The molecule has 3 N–H and O–H groups in total. The number of hydrogen-bond donors (Lipinski definition) is 2. The smallest absolute Gasteiger partial charge is 0.220 e. The van der Waals surface area contributed by atoms with Gasteiger partial charge in [0.25, 0.3) is 0 Å². The number of nitrogens with two attached hydrogens (primary N) is 1. The van der Waals surface area contributed by atoms with Crippen LogP contribution in [0.3, 0.4) is 0 Å². The number of carbonyl (C=O) groups excluding carboxylic acids is 1. The van der Waals surface area contributed by atoms with E-state index in [1.165, 1.54) is 25.7 Å². The van der Waals surface area contributed by atoms with E-state index in [4.69, 9.17) is 5.73 Å². The molecule has 0 heterocycles. The van der Waals surface area contributed by atoms with Crippen molar-refractivity contribution >= 4 is 5.91 Å². The minimum atomic E-state index is 0.243. The Hall–Kier alpha value is -0.570. The fourth-order valence-corrected chi connectivity index (χ4v) is 2.53. The zero-order valence-corrected chi connectivity index (χ0v) is 9.37. The first-order chi connectivity index (χ1) is 7.29. The minimum Gasteiger partial charge on any atom is -0.353 e. The maximum absolute atomic E-state index is 11.6. The highest BCUT2D eigenvalue weighted by Crippen LogP contribution is 2.33. The molecule has 2 unspecified atom stereocenters. The Morgan fingerprint density at radius 3 is 2.73 bits per heavy atom. The summed E-state index contributed by atoms with van der Waals surface area (Å²) >= 11 is 0. The molecule has 0 radical (unpaired) electrons. The summed E-state index contributed by atoms with van der Waals surface area (Å²) in [5.41, 5.74) is 5.68. The molecule has 0 aliphatic heterocycles. The Morgan fingerprint density at radius 1 is 1.27 bits per heavy atom. The number of hydrogen-bond acceptors (Lipinski definition) is 2. The molecule has 3 heteroatoms. The summed E-state index contributed by atoms with van der Waals surface area (Å²) in [6.07, 6.45) is 8.01. The fraction of sp³-hybridized carbons (Fsp3) is 0.917. The van der Waals surface area contributed by atoms with Gasteiger partial charge in [0.1, 0.15) is 0 Å². The van der Waals surface area contributed by atoms with Crippen LogP contribution in [0.15, 0.2) is 0 Å². The van der Waals surface area contributed by atoms with Gasteiger partial charge in [0.05, 0.1) is 0 Å². The molecule has 2 aliphatic carbocycles. The van der Waals surface area contributed by atoms with E-state index in [9.17, 15) is 4.79 Å². The van der Waals surface area contributed by atoms with Gasteiger partial charge < -0.3 is 11.1 Å². The minimum absolute atomic E-state index is 0.243. The van der Waals surface area contributed by atoms with Gasteiger partial charge in [0, 0.05) is 12.5 Å². The molecule has 0 aromatic heterocycles. The second kappa shape index (κ2) is 4.97. The normalized spacial score (nSPS) is 30.5. The van der Waals surface area contributed by atoms with Gasteiger partial charge in [-0.05, 0) is 37.6 Å². The van der Waals surface area contributed by atoms with Crippen LogP contribution in [0, 0.1) is 11.8 Å². The van der Waals surface area contributed by atoms with Gasteiger partial charge in [-0.3, -0.25) is 4.79 Å². The average Bonchev–Trinajstić information content (AvgIpc) is 2.96. The van der Waals surface area contributed by atoms with Gasteiger partial charge in [0.2, 0.25) is 5.91 Å². The van der Waals surface area contributed by atoms with Crippen molar-refractivity contribution < 1.29 is 4.79 Å². The summed E-state index contributed by atoms with van der Waals surface area (Å²) in [5.74, 6) is 1.62. The summed E-state index contributed by atoms with van der Waals surface area (Å²) < 4.78 is 0. The summed E-state index contributed by atoms with van der Waals surface area (Å²) in [6, 6.07) is 0.363. The molecule has 2 rings (SSSR count). The molecule has 2 atom stereocenters. The molecule has 0 bridgehead atoms. The van der Waals surface area contributed by atoms with Crippen LogP contribution >= 0.6 is 0 Å². The van der Waals surface area contributed by atoms with Crippen LogP contribution in [0.5, 0.6) is 0 Å². The van der Waals surface area contributed by atoms with E-state index in [0.29, 0.717) is 18.5 Å². The molecule has 1 amide bonds. The molecule has 3 nitrogen and oxygen atoms in total. The quantitative estimate of drug-likeness (QED) is 0.721. The largest absolute Gasteiger partial charge is 0.353 e. The third-order valence-corrected chi connectivity index (χ3v) is 3.78. The molecule has 2 saturated carbocycles. The molecule has 0 saturated heterocycles. The van der Waals surface area contributed by atoms with E-state index in [1.54, 1.807) is 0 Å². The van der Waals surface area contributed by atoms with Crippen LogP contribution in [0.1, 0.15) is 44.9 Å². The van der Waals surface area contributed by atoms with Gasteiger partial charge in [0.15, 0.2) is 0 Å². The van der Waals surface area contributed by atoms with Crippen molar-refractivity contribution in [2.24, 2.45) is 17.6 Å². The number of nitrogens with one attached hydrogen (secondary N) is 1. The summed E-state index contributed by atoms with van der Waals surface area (Å²) in [5, 5.41) is 3.14. The predicted octanol–water partition coefficient (Wildman–Crippen LogP) is 1.42. The maximum Gasteiger partial charge on any atom is 0.220 e. The molecule has 0 aromatic rings. The lowest BCUT2D eigenvalue weighted by Crippen LogP contribution is -2.39. The summed E-state index contributed by atoms with van der Waals surface area (Å²) in [4.78, 5) is 11.6. The van der Waals surface area contributed by atoms with Crippen molar-refractivity contribution in [3.05, 3.63) is 0 Å². The highest BCUT2D eigenvalue weighted by Gasteiger charge is 2.28. The third-order valence-electron chi connectivity index (χ3n) is 3.78. The summed E-state index contributed by atoms with van der Waals surface area (Å²) in [6.45, 7) is 0.716. The van der Waals surface area contributed by atoms with Crippen LogP contribution in [-0.2, 0) is 4.79 Å². The van der Waals surface area contributed by atoms with E-state index in [1.807, 2.05) is 0 Å². The predicted molar refractivity (Wildman–Crippen MR) is 60.3 cm³/mol. The molecule has 0 aromatic carbocycles. The van der Waals surface area contributed by atoms with Crippen molar-refractivity contribution in [3.8, 4) is 0 Å². The second-order valence-corrected chi connectivity index (χ2v) is 5.08. The van der Waals surface area contributed by atoms with E-state index in [-0.39, 0.29) is 5.91 Å². The number of rotatable bonds is 5. The van der Waals surface area contributed by atoms with E-state index >= 15 is 0 Å². The summed E-state index contributed by atoms with van der Waals surface area (Å²) in [7, 11) is 0. The van der Waals surface area contributed by atoms with Crippen LogP contribution in [0.2, 0.25) is 0 Å². The monoisotopic (exact) mass is 210 g/mol. The molecular weight excluding hydrogens is 188 g/mol. The molecule has 86 valence electrons. The zero-order valence-electron chi connectivity index (χ0n) is 9.37. The molecule has 0 spiro atoms. The SMILES string of the molecule is NCC1CCCC1NC(=O)CCC1CC1. The van der Waals surface area contributed by atoms with E-state index in [2.05, 4.69) is 5.32 Å². The maximum atomic E-state index is 11.6. The highest BCUT2D eigenvalue weighted by atomic mass is 16.1. The Labute approximate surface area is 91.8 Å². The fourth-order valence-electron chi connectivity index (χ4n) is 2.53. The van der Waals surface area contributed by atoms with Gasteiger partial charge in [-0.25, -0.2) is 0 Å². The lowest BCUT2D eigenvalue weighted by molar-refractivity contribution is -0.122. The lowest BCUT2D eigenvalue weighted by atomic mass is 10.0. The van der Waals surface area contributed by atoms with Crippen molar-refractivity contribution in [3.63, 3.8) is 0 Å². The second-order valence-electron chi connectivity index (χ2n) is 5.08. The highest BCUT2D eigenvalue weighted by molar-refractivity contribution is 5.76. The third kappa shape index (κ3) is 3.20. The van der Waals surface area contributed by atoms with Gasteiger partial charge in [-0.1, -0.05) is 19.3 Å². The Kier molecular flexibility index (Phi) is 3.62. The zero-order chi connectivity index (χ0) is 10.7. The van der Waals surface area contributed by atoms with Gasteiger partial charge in [-0.15, -0.1) is 0 Å². The molecule has 15 heavy (non-hydrogen) atoms. The van der Waals surface area contributed by atoms with Crippen LogP contribution in [0.25, 0.3) is 0 Å². The van der Waals surface area contributed by atoms with E-state index < -0.39 is 0 Å². The van der Waals surface area contributed by atoms with Gasteiger partial charge in [-0.2, -0.15) is 0 Å². The van der Waals surface area contributed by atoms with Crippen molar-refractivity contribution in [2.75, 3.05) is 6.54 Å². The lowest BCUT2D eigenvalue weighted by Gasteiger charge is -2.19. The standard InChI is InChI=1S/C12H22N2O/c13-8-10-2-1-3-11(10)14-12(15)7-6-9-4-5-9/h9-11H,1-8,13H2,(H,14,15). The van der Waals surface area contributed by atoms with Crippen molar-refractivity contribution in [1.29, 1.82) is 0 Å². The number of carbonyl (C=O) groups is 1. The van der Waals surface area contributed by atoms with Crippen LogP contribution < -0.4 is 11.1 Å². The Bertz CT molecular complexity index is 226. The first-order valence-corrected chi connectivity index (χ1v) is 6.29. The molecule has 2 fully saturated rings. The Balaban J connectivity index is 1.67. The van der Waals surface area contributed by atoms with Crippen molar-refractivity contribution in [2.45, 2.75) is 51.0 Å². The van der Waals surface area contributed by atoms with Crippen molar-refractivity contribution in [1.82, 2.24) is 5.32 Å². The first kappa shape index (κ1) is 10.9. The van der Waals surface area contributed by atoms with Crippen LogP contribution in [0.4, 0.5) is 0 Å². The molecule has 2 aliphatic rings.